The van der Waals surface area contributed by atoms with Crippen LogP contribution in [0.2, 0.25) is 0 Å². The van der Waals surface area contributed by atoms with E-state index in [1.54, 1.807) is 23.7 Å². The SMILES string of the molecule is COc1cc2c(cc1Oc1ccc(-c3ccc(CO)cc3F)c(F)c1)[C@@](C)(CC(=O)Nc1nccs1)NCC2. The van der Waals surface area contributed by atoms with Crippen LogP contribution in [0.3, 0.4) is 0 Å². The number of hydrogen-bond donors (Lipinski definition) is 3. The van der Waals surface area contributed by atoms with Crippen molar-refractivity contribution in [2.24, 2.45) is 0 Å². The number of carbonyl (C=O) groups excluding carboxylic acids is 1. The van der Waals surface area contributed by atoms with Gasteiger partial charge < -0.3 is 25.2 Å². The van der Waals surface area contributed by atoms with E-state index in [2.05, 4.69) is 15.6 Å². The fourth-order valence-corrected chi connectivity index (χ4v) is 5.38. The molecule has 4 aromatic rings. The van der Waals surface area contributed by atoms with Crippen molar-refractivity contribution < 1.29 is 28.2 Å². The van der Waals surface area contributed by atoms with Gasteiger partial charge in [0.05, 0.1) is 13.7 Å². The predicted molar refractivity (Wildman–Crippen MR) is 145 cm³/mol. The number of aliphatic hydroxyl groups excluding tert-OH is 1. The predicted octanol–water partition coefficient (Wildman–Crippen LogP) is 5.77. The molecule has 7 nitrogen and oxygen atoms in total. The van der Waals surface area contributed by atoms with E-state index in [0.29, 0.717) is 28.7 Å². The molecule has 3 N–H and O–H groups in total. The summed E-state index contributed by atoms with van der Waals surface area (Å²) in [4.78, 5) is 16.9. The summed E-state index contributed by atoms with van der Waals surface area (Å²) in [6, 6.07) is 12.0. The van der Waals surface area contributed by atoms with Crippen molar-refractivity contribution in [3.8, 4) is 28.4 Å². The number of aromatic nitrogens is 1. The van der Waals surface area contributed by atoms with E-state index < -0.39 is 17.2 Å². The van der Waals surface area contributed by atoms with Gasteiger partial charge in [0.25, 0.3) is 0 Å². The van der Waals surface area contributed by atoms with Crippen LogP contribution < -0.4 is 20.1 Å². The Bertz CT molecular complexity index is 1510. The van der Waals surface area contributed by atoms with Gasteiger partial charge in [0.2, 0.25) is 5.91 Å². The first-order valence-corrected chi connectivity index (χ1v) is 13.2. The van der Waals surface area contributed by atoms with Gasteiger partial charge in [-0.05, 0) is 60.4 Å². The third-order valence-electron chi connectivity index (χ3n) is 6.76. The van der Waals surface area contributed by atoms with Crippen LogP contribution in [0.4, 0.5) is 13.9 Å². The maximum atomic E-state index is 15.1. The van der Waals surface area contributed by atoms with Gasteiger partial charge in [0, 0.05) is 47.3 Å². The molecule has 0 unspecified atom stereocenters. The normalized spacial score (nSPS) is 16.4. The standard InChI is InChI=1S/C29H27F2N3O4S/c1-29(15-27(36)34-28-32-9-10-39-28)22-14-26(25(37-2)12-18(22)7-8-33-29)38-19-4-6-21(24(31)13-19)20-5-3-17(16-35)11-23(20)30/h3-6,9-14,33,35H,7-8,15-16H2,1-2H3,(H,32,34,36)/t29-/m1/s1. The number of halogens is 2. The molecule has 10 heteroatoms. The van der Waals surface area contributed by atoms with Crippen LogP contribution in [0.5, 0.6) is 17.2 Å². The molecule has 0 fully saturated rings. The highest BCUT2D eigenvalue weighted by atomic mass is 32.1. The summed E-state index contributed by atoms with van der Waals surface area (Å²) in [7, 11) is 1.53. The highest BCUT2D eigenvalue weighted by molar-refractivity contribution is 7.13. The third-order valence-corrected chi connectivity index (χ3v) is 7.45. The molecule has 3 aromatic carbocycles. The molecule has 39 heavy (non-hydrogen) atoms. The molecule has 1 atom stereocenters. The van der Waals surface area contributed by atoms with E-state index in [1.165, 1.54) is 42.7 Å². The first-order valence-electron chi connectivity index (χ1n) is 12.3. The van der Waals surface area contributed by atoms with E-state index in [-0.39, 0.29) is 35.8 Å². The summed E-state index contributed by atoms with van der Waals surface area (Å²) in [6.45, 7) is 2.33. The third kappa shape index (κ3) is 5.63. The fourth-order valence-electron chi connectivity index (χ4n) is 4.84. The lowest BCUT2D eigenvalue weighted by molar-refractivity contribution is -0.117. The van der Waals surface area contributed by atoms with Gasteiger partial charge in [-0.25, -0.2) is 13.8 Å². The Morgan fingerprint density at radius 2 is 1.90 bits per heavy atom. The lowest BCUT2D eigenvalue weighted by Crippen LogP contribution is -2.47. The summed E-state index contributed by atoms with van der Waals surface area (Å²) in [5.74, 6) is -0.434. The molecule has 5 rings (SSSR count). The van der Waals surface area contributed by atoms with Crippen molar-refractivity contribution in [3.63, 3.8) is 0 Å². The summed E-state index contributed by atoms with van der Waals surface area (Å²) in [6.07, 6.45) is 2.53. The Morgan fingerprint density at radius 1 is 1.13 bits per heavy atom. The Morgan fingerprint density at radius 3 is 2.56 bits per heavy atom. The number of aliphatic hydroxyl groups is 1. The van der Waals surface area contributed by atoms with Crippen molar-refractivity contribution in [1.29, 1.82) is 0 Å². The van der Waals surface area contributed by atoms with Gasteiger partial charge in [-0.1, -0.05) is 12.1 Å². The number of rotatable bonds is 8. The van der Waals surface area contributed by atoms with Gasteiger partial charge in [-0.3, -0.25) is 4.79 Å². The molecular weight excluding hydrogens is 524 g/mol. The minimum atomic E-state index is -0.688. The van der Waals surface area contributed by atoms with Crippen molar-refractivity contribution in [2.45, 2.75) is 31.9 Å². The maximum Gasteiger partial charge on any atom is 0.228 e. The van der Waals surface area contributed by atoms with Crippen LogP contribution >= 0.6 is 11.3 Å². The molecule has 1 aromatic heterocycles. The number of amides is 1. The Balaban J connectivity index is 1.43. The van der Waals surface area contributed by atoms with Crippen LogP contribution in [0.15, 0.2) is 60.1 Å². The molecule has 1 amide bonds. The number of ether oxygens (including phenoxy) is 2. The molecule has 1 aliphatic rings. The second kappa shape index (κ2) is 11.1. The van der Waals surface area contributed by atoms with Crippen molar-refractivity contribution in [1.82, 2.24) is 10.3 Å². The topological polar surface area (TPSA) is 92.7 Å². The summed E-state index contributed by atoms with van der Waals surface area (Å²) in [5, 5.41) is 17.8. The zero-order chi connectivity index (χ0) is 27.6. The van der Waals surface area contributed by atoms with Gasteiger partial charge in [-0.2, -0.15) is 0 Å². The van der Waals surface area contributed by atoms with Crippen molar-refractivity contribution in [3.05, 3.63) is 88.4 Å². The van der Waals surface area contributed by atoms with E-state index >= 15 is 4.39 Å². The first kappa shape index (κ1) is 26.7. The van der Waals surface area contributed by atoms with Gasteiger partial charge in [-0.15, -0.1) is 11.3 Å². The fraction of sp³-hybridized carbons (Fsp3) is 0.241. The maximum absolute atomic E-state index is 15.1. The lowest BCUT2D eigenvalue weighted by atomic mass is 9.81. The molecule has 0 spiro atoms. The number of methoxy groups -OCH3 is 1. The van der Waals surface area contributed by atoms with Crippen LogP contribution in [0, 0.1) is 11.6 Å². The number of fused-ring (bicyclic) bond motifs is 1. The van der Waals surface area contributed by atoms with Crippen LogP contribution in [-0.4, -0.2) is 29.7 Å². The first-order chi connectivity index (χ1) is 18.8. The Hall–Kier alpha value is -3.86. The number of anilines is 1. The van der Waals surface area contributed by atoms with Crippen LogP contribution in [0.1, 0.15) is 30.0 Å². The summed E-state index contributed by atoms with van der Waals surface area (Å²) < 4.78 is 41.2. The minimum absolute atomic E-state index is 0.0739. The Kier molecular flexibility index (Phi) is 7.60. The van der Waals surface area contributed by atoms with Crippen LogP contribution in [-0.2, 0) is 23.4 Å². The number of carbonyl (C=O) groups is 1. The lowest BCUT2D eigenvalue weighted by Gasteiger charge is -2.37. The van der Waals surface area contributed by atoms with E-state index in [0.717, 1.165) is 17.5 Å². The summed E-state index contributed by atoms with van der Waals surface area (Å²) in [5.41, 5.74) is 1.77. The monoisotopic (exact) mass is 551 g/mol. The Labute approximate surface area is 228 Å². The van der Waals surface area contributed by atoms with Gasteiger partial charge >= 0.3 is 0 Å². The molecule has 0 bridgehead atoms. The molecule has 0 saturated heterocycles. The van der Waals surface area contributed by atoms with E-state index in [1.807, 2.05) is 19.1 Å². The second-order valence-corrected chi connectivity index (χ2v) is 10.3. The highest BCUT2D eigenvalue weighted by Crippen LogP contribution is 2.41. The van der Waals surface area contributed by atoms with Crippen molar-refractivity contribution in [2.75, 3.05) is 19.0 Å². The highest BCUT2D eigenvalue weighted by Gasteiger charge is 2.35. The molecule has 0 saturated carbocycles. The average molecular weight is 552 g/mol. The average Bonchev–Trinajstić information content (AvgIpc) is 3.42. The van der Waals surface area contributed by atoms with Gasteiger partial charge in [0.1, 0.15) is 17.4 Å². The number of hydrogen-bond acceptors (Lipinski definition) is 7. The summed E-state index contributed by atoms with van der Waals surface area (Å²) >= 11 is 1.35. The minimum Gasteiger partial charge on any atom is -0.493 e. The second-order valence-electron chi connectivity index (χ2n) is 9.45. The molecule has 2 heterocycles. The molecular formula is C29H27F2N3O4S. The largest absolute Gasteiger partial charge is 0.493 e. The molecule has 202 valence electrons. The zero-order valence-electron chi connectivity index (χ0n) is 21.4. The van der Waals surface area contributed by atoms with E-state index in [9.17, 15) is 14.3 Å². The van der Waals surface area contributed by atoms with Crippen molar-refractivity contribution >= 4 is 22.4 Å². The zero-order valence-corrected chi connectivity index (χ0v) is 22.2. The van der Waals surface area contributed by atoms with Crippen LogP contribution in [0.25, 0.3) is 11.1 Å². The number of thiazole rings is 1. The molecule has 0 aliphatic carbocycles. The quantitative estimate of drug-likeness (QED) is 0.258. The van der Waals surface area contributed by atoms with Gasteiger partial charge in [0.15, 0.2) is 16.6 Å². The smallest absolute Gasteiger partial charge is 0.228 e. The number of nitrogens with zero attached hydrogens (tertiary/aromatic N) is 1. The number of benzene rings is 3. The molecule has 0 radical (unpaired) electrons. The molecule has 1 aliphatic heterocycles. The van der Waals surface area contributed by atoms with E-state index in [4.69, 9.17) is 9.47 Å². The number of nitrogens with one attached hydrogen (secondary N) is 2.